The molecule has 0 spiro atoms. The molecule has 5 nitrogen and oxygen atoms in total. The minimum Gasteiger partial charge on any atom is -0.388 e. The van der Waals surface area contributed by atoms with Gasteiger partial charge in [-0.15, -0.1) is 5.10 Å². The van der Waals surface area contributed by atoms with Crippen molar-refractivity contribution < 1.29 is 4.42 Å². The maximum absolute atomic E-state index is 10.6. The fraction of sp³-hybridized carbons (Fsp3) is 0. The number of hydrogen-bond donors (Lipinski definition) is 1. The van der Waals surface area contributed by atoms with Crippen LogP contribution < -0.4 is 5.76 Å². The first-order valence-electron chi connectivity index (χ1n) is 3.57. The number of H-pyrrole nitrogens is 1. The Labute approximate surface area is 72.8 Å². The van der Waals surface area contributed by atoms with Crippen LogP contribution in [0.2, 0.25) is 0 Å². The summed E-state index contributed by atoms with van der Waals surface area (Å²) in [4.78, 5) is 14.4. The van der Waals surface area contributed by atoms with E-state index in [4.69, 9.17) is 4.42 Å². The lowest BCUT2D eigenvalue weighted by Crippen LogP contribution is -1.93. The van der Waals surface area contributed by atoms with Gasteiger partial charge in [0.25, 0.3) is 0 Å². The van der Waals surface area contributed by atoms with Gasteiger partial charge in [-0.25, -0.2) is 14.9 Å². The molecule has 2 heterocycles. The molecule has 13 heavy (non-hydrogen) atoms. The molecule has 2 rings (SSSR count). The summed E-state index contributed by atoms with van der Waals surface area (Å²) in [6.45, 7) is 0. The van der Waals surface area contributed by atoms with E-state index in [0.717, 1.165) is 0 Å². The summed E-state index contributed by atoms with van der Waals surface area (Å²) in [5, 5.41) is 5.84. The highest BCUT2D eigenvalue weighted by Crippen LogP contribution is 2.11. The van der Waals surface area contributed by atoms with Crippen molar-refractivity contribution in [2.24, 2.45) is 4.99 Å². The van der Waals surface area contributed by atoms with Crippen LogP contribution in [-0.4, -0.2) is 16.1 Å². The van der Waals surface area contributed by atoms with Crippen molar-refractivity contribution >= 4 is 11.4 Å². The second kappa shape index (κ2) is 3.08. The average Bonchev–Trinajstić information content (AvgIpc) is 2.43. The van der Waals surface area contributed by atoms with E-state index in [1.807, 2.05) is 0 Å². The Morgan fingerprint density at radius 2 is 2.46 bits per heavy atom. The molecule has 0 saturated heterocycles. The summed E-state index contributed by atoms with van der Waals surface area (Å²) in [5.74, 6) is 2.31. The third-order valence-electron chi connectivity index (χ3n) is 1.43. The molecule has 0 unspecified atom stereocenters. The van der Waals surface area contributed by atoms with Crippen LogP contribution in [0.25, 0.3) is 5.57 Å². The highest BCUT2D eigenvalue weighted by Gasteiger charge is 2.04. The second-order valence-electron chi connectivity index (χ2n) is 2.28. The van der Waals surface area contributed by atoms with Crippen LogP contribution in [0.5, 0.6) is 0 Å². The third-order valence-corrected chi connectivity index (χ3v) is 1.43. The molecule has 1 aliphatic rings. The molecule has 0 saturated carbocycles. The molecule has 0 amide bonds. The van der Waals surface area contributed by atoms with Crippen molar-refractivity contribution in [2.75, 3.05) is 0 Å². The van der Waals surface area contributed by atoms with Gasteiger partial charge < -0.3 is 4.42 Å². The minimum atomic E-state index is -0.571. The van der Waals surface area contributed by atoms with Crippen LogP contribution in [0.1, 0.15) is 5.89 Å². The van der Waals surface area contributed by atoms with Crippen molar-refractivity contribution in [3.63, 3.8) is 0 Å². The van der Waals surface area contributed by atoms with E-state index in [2.05, 4.69) is 21.1 Å². The number of hydrogen-bond acceptors (Lipinski definition) is 4. The Morgan fingerprint density at radius 1 is 1.54 bits per heavy atom. The largest absolute Gasteiger partial charge is 0.434 e. The van der Waals surface area contributed by atoms with Crippen LogP contribution in [0.4, 0.5) is 0 Å². The lowest BCUT2D eigenvalue weighted by atomic mass is 10.2. The zero-order chi connectivity index (χ0) is 9.10. The average molecular weight is 175 g/mol. The molecule has 0 fully saturated rings. The van der Waals surface area contributed by atoms with Crippen molar-refractivity contribution in [3.8, 4) is 0 Å². The number of aromatic nitrogens is 2. The van der Waals surface area contributed by atoms with E-state index in [1.165, 1.54) is 0 Å². The first-order chi connectivity index (χ1) is 6.36. The van der Waals surface area contributed by atoms with E-state index in [-0.39, 0.29) is 5.89 Å². The second-order valence-corrected chi connectivity index (χ2v) is 2.28. The molecule has 0 aliphatic carbocycles. The van der Waals surface area contributed by atoms with Gasteiger partial charge in [-0.05, 0) is 18.0 Å². The fourth-order valence-corrected chi connectivity index (χ4v) is 0.882. The highest BCUT2D eigenvalue weighted by molar-refractivity contribution is 5.74. The number of aliphatic imine (C=N–C) groups is 1. The minimum absolute atomic E-state index is 0.247. The van der Waals surface area contributed by atoms with Crippen molar-refractivity contribution in [1.82, 2.24) is 10.2 Å². The van der Waals surface area contributed by atoms with Crippen molar-refractivity contribution in [3.05, 3.63) is 40.9 Å². The Hall–Kier alpha value is -2.13. The van der Waals surface area contributed by atoms with Gasteiger partial charge in [0.05, 0.1) is 0 Å². The molecule has 1 N–H and O–H groups in total. The molecular formula is C8H5N3O2. The van der Waals surface area contributed by atoms with Crippen LogP contribution in [0, 0.1) is 0 Å². The van der Waals surface area contributed by atoms with Crippen LogP contribution in [0.3, 0.4) is 0 Å². The summed E-state index contributed by atoms with van der Waals surface area (Å²) in [7, 11) is 0. The third kappa shape index (κ3) is 1.55. The highest BCUT2D eigenvalue weighted by atomic mass is 16.4. The molecule has 0 aromatic carbocycles. The van der Waals surface area contributed by atoms with E-state index in [0.29, 0.717) is 5.57 Å². The standard InChI is InChI=1S/C8H5N3O2/c12-8-11-10-7(13-8)6-2-1-4-9-5-3-6/h1-3,5H,(H,11,12). The van der Waals surface area contributed by atoms with Crippen LogP contribution in [0.15, 0.2) is 38.6 Å². The summed E-state index contributed by atoms with van der Waals surface area (Å²) in [6.07, 6.45) is 6.54. The lowest BCUT2D eigenvalue weighted by molar-refractivity contribution is 0.501. The predicted molar refractivity (Wildman–Crippen MR) is 46.2 cm³/mol. The molecule has 1 aromatic rings. The van der Waals surface area contributed by atoms with Crippen LogP contribution in [-0.2, 0) is 0 Å². The van der Waals surface area contributed by atoms with E-state index in [1.54, 1.807) is 24.4 Å². The molecule has 0 bridgehead atoms. The number of rotatable bonds is 1. The molecule has 1 aliphatic heterocycles. The maximum atomic E-state index is 10.6. The molecule has 5 heteroatoms. The number of nitrogens with one attached hydrogen (secondary N) is 1. The smallest absolute Gasteiger partial charge is 0.388 e. The van der Waals surface area contributed by atoms with Gasteiger partial charge >= 0.3 is 5.76 Å². The van der Waals surface area contributed by atoms with Crippen molar-refractivity contribution in [1.29, 1.82) is 0 Å². The van der Waals surface area contributed by atoms with Crippen molar-refractivity contribution in [2.45, 2.75) is 0 Å². The van der Waals surface area contributed by atoms with Gasteiger partial charge in [0.1, 0.15) is 0 Å². The summed E-state index contributed by atoms with van der Waals surface area (Å²) in [6, 6.07) is 0. The Balaban J connectivity index is 2.43. The first kappa shape index (κ1) is 7.52. The summed E-state index contributed by atoms with van der Waals surface area (Å²) < 4.78 is 4.75. The SMILES string of the molecule is O=c1[nH]nc(C2=CC=C=NC=C2)o1. The van der Waals surface area contributed by atoms with Crippen LogP contribution >= 0.6 is 0 Å². The van der Waals surface area contributed by atoms with Gasteiger partial charge in [0, 0.05) is 17.8 Å². The molecule has 1 aromatic heterocycles. The fourth-order valence-electron chi connectivity index (χ4n) is 0.882. The van der Waals surface area contributed by atoms with E-state index in [9.17, 15) is 4.79 Å². The first-order valence-corrected chi connectivity index (χ1v) is 3.57. The van der Waals surface area contributed by atoms with Gasteiger partial charge in [-0.1, -0.05) is 0 Å². The summed E-state index contributed by atoms with van der Waals surface area (Å²) in [5.41, 5.74) is 0.673. The molecule has 64 valence electrons. The van der Waals surface area contributed by atoms with Gasteiger partial charge in [-0.2, -0.15) is 0 Å². The number of aromatic amines is 1. The van der Waals surface area contributed by atoms with E-state index < -0.39 is 5.76 Å². The number of nitrogens with zero attached hydrogens (tertiary/aromatic N) is 2. The Kier molecular flexibility index (Phi) is 1.78. The maximum Gasteiger partial charge on any atom is 0.434 e. The normalized spacial score (nSPS) is 14.3. The monoisotopic (exact) mass is 175 g/mol. The van der Waals surface area contributed by atoms with Gasteiger partial charge in [0.2, 0.25) is 5.89 Å². The Bertz CT molecular complexity index is 483. The topological polar surface area (TPSA) is 71.2 Å². The summed E-state index contributed by atoms with van der Waals surface area (Å²) >= 11 is 0. The number of allylic oxidation sites excluding steroid dienone is 4. The zero-order valence-electron chi connectivity index (χ0n) is 6.52. The molecular weight excluding hydrogens is 170 g/mol. The lowest BCUT2D eigenvalue weighted by Gasteiger charge is -1.88. The quantitative estimate of drug-likeness (QED) is 0.675. The molecule has 0 radical (unpaired) electrons. The van der Waals surface area contributed by atoms with E-state index >= 15 is 0 Å². The van der Waals surface area contributed by atoms with Gasteiger partial charge in [-0.3, -0.25) is 0 Å². The zero-order valence-corrected chi connectivity index (χ0v) is 6.52. The predicted octanol–water partition coefficient (Wildman–Crippen LogP) is 0.499. The Morgan fingerprint density at radius 3 is 3.23 bits per heavy atom. The van der Waals surface area contributed by atoms with Gasteiger partial charge in [0.15, 0.2) is 0 Å². The molecule has 0 atom stereocenters.